The van der Waals surface area contributed by atoms with Crippen LogP contribution in [0.2, 0.25) is 0 Å². The molecule has 9 heteroatoms. The van der Waals surface area contributed by atoms with E-state index in [-0.39, 0.29) is 11.4 Å². The smallest absolute Gasteiger partial charge is 0.322 e. The van der Waals surface area contributed by atoms with Gasteiger partial charge in [-0.25, -0.2) is 0 Å². The number of carboxylic acid groups (broad SMARTS) is 1. The Balaban J connectivity index is 2.33. The number of nitro groups is 1. The number of carbonyl (C=O) groups excluding carboxylic acids is 2. The van der Waals surface area contributed by atoms with Gasteiger partial charge in [0.05, 0.1) is 4.92 Å². The van der Waals surface area contributed by atoms with Crippen molar-refractivity contribution in [3.05, 3.63) is 81.0 Å². The Morgan fingerprint density at radius 3 is 2.43 bits per heavy atom. The number of nitrogens with one attached hydrogen (secondary N) is 2. The van der Waals surface area contributed by atoms with E-state index in [4.69, 9.17) is 5.11 Å². The molecule has 0 saturated heterocycles. The maximum Gasteiger partial charge on any atom is 0.322 e. The highest BCUT2D eigenvalue weighted by Gasteiger charge is 2.16. The second kappa shape index (κ2) is 9.08. The van der Waals surface area contributed by atoms with Crippen molar-refractivity contribution in [1.82, 2.24) is 10.6 Å². The van der Waals surface area contributed by atoms with E-state index in [2.05, 4.69) is 10.6 Å². The van der Waals surface area contributed by atoms with Crippen LogP contribution in [0.4, 0.5) is 5.69 Å². The lowest BCUT2D eigenvalue weighted by atomic mass is 10.1. The van der Waals surface area contributed by atoms with Crippen molar-refractivity contribution in [2.45, 2.75) is 6.92 Å². The third-order valence-corrected chi connectivity index (χ3v) is 3.60. The van der Waals surface area contributed by atoms with Crippen LogP contribution in [0.5, 0.6) is 0 Å². The highest BCUT2D eigenvalue weighted by molar-refractivity contribution is 6.05. The topological polar surface area (TPSA) is 139 Å². The zero-order valence-electron chi connectivity index (χ0n) is 14.8. The monoisotopic (exact) mass is 383 g/mol. The van der Waals surface area contributed by atoms with Crippen LogP contribution < -0.4 is 10.6 Å². The number of hydrogen-bond acceptors (Lipinski definition) is 5. The molecular formula is C19H17N3O6. The SMILES string of the molecule is Cc1ccc(C(=O)N/C(=C/c2cccc([N+](=O)[O-])c2)C(=O)NCC(=O)O)cc1. The predicted octanol–water partition coefficient (Wildman–Crippen LogP) is 1.87. The summed E-state index contributed by atoms with van der Waals surface area (Å²) < 4.78 is 0. The molecule has 9 nitrogen and oxygen atoms in total. The largest absolute Gasteiger partial charge is 0.480 e. The molecule has 2 rings (SSSR count). The van der Waals surface area contributed by atoms with Crippen LogP contribution in [0, 0.1) is 17.0 Å². The van der Waals surface area contributed by atoms with Crippen molar-refractivity contribution in [3.8, 4) is 0 Å². The summed E-state index contributed by atoms with van der Waals surface area (Å²) in [6, 6.07) is 12.0. The van der Waals surface area contributed by atoms with Gasteiger partial charge in [0.1, 0.15) is 12.2 Å². The second-order valence-electron chi connectivity index (χ2n) is 5.81. The van der Waals surface area contributed by atoms with Gasteiger partial charge in [-0.1, -0.05) is 29.8 Å². The van der Waals surface area contributed by atoms with Gasteiger partial charge in [-0.2, -0.15) is 0 Å². The lowest BCUT2D eigenvalue weighted by molar-refractivity contribution is -0.384. The molecule has 0 bridgehead atoms. The van der Waals surface area contributed by atoms with Crippen molar-refractivity contribution < 1.29 is 24.4 Å². The van der Waals surface area contributed by atoms with Gasteiger partial charge in [0.15, 0.2) is 0 Å². The number of nitro benzene ring substituents is 1. The van der Waals surface area contributed by atoms with E-state index >= 15 is 0 Å². The summed E-state index contributed by atoms with van der Waals surface area (Å²) >= 11 is 0. The minimum Gasteiger partial charge on any atom is -0.480 e. The maximum absolute atomic E-state index is 12.4. The lowest BCUT2D eigenvalue weighted by Gasteiger charge is -2.10. The Hall–Kier alpha value is -4.01. The summed E-state index contributed by atoms with van der Waals surface area (Å²) in [7, 11) is 0. The van der Waals surface area contributed by atoms with Gasteiger partial charge in [-0.3, -0.25) is 24.5 Å². The van der Waals surface area contributed by atoms with E-state index in [0.717, 1.165) is 5.56 Å². The van der Waals surface area contributed by atoms with Crippen molar-refractivity contribution in [2.75, 3.05) is 6.54 Å². The predicted molar refractivity (Wildman–Crippen MR) is 100 cm³/mol. The van der Waals surface area contributed by atoms with E-state index < -0.39 is 29.3 Å². The summed E-state index contributed by atoms with van der Waals surface area (Å²) in [5, 5.41) is 24.2. The number of carbonyl (C=O) groups is 3. The standard InChI is InChI=1S/C19H17N3O6/c1-12-5-7-14(8-6-12)18(25)21-16(19(26)20-11-17(23)24)10-13-3-2-4-15(9-13)22(27)28/h2-10H,11H2,1H3,(H,20,26)(H,21,25)(H,23,24)/b16-10+. The molecule has 2 aromatic carbocycles. The van der Waals surface area contributed by atoms with Crippen LogP contribution in [0.15, 0.2) is 54.2 Å². The van der Waals surface area contributed by atoms with Gasteiger partial charge in [0, 0.05) is 17.7 Å². The Labute approximate surface area is 159 Å². The number of carboxylic acids is 1. The highest BCUT2D eigenvalue weighted by Crippen LogP contribution is 2.15. The number of aryl methyl sites for hydroxylation is 1. The van der Waals surface area contributed by atoms with E-state index in [1.807, 2.05) is 6.92 Å². The van der Waals surface area contributed by atoms with Gasteiger partial charge in [-0.05, 0) is 30.7 Å². The summed E-state index contributed by atoms with van der Waals surface area (Å²) in [5.74, 6) is -2.68. The summed E-state index contributed by atoms with van der Waals surface area (Å²) in [6.07, 6.45) is 1.23. The maximum atomic E-state index is 12.4. The minimum absolute atomic E-state index is 0.191. The average Bonchev–Trinajstić information content (AvgIpc) is 2.66. The molecule has 2 aromatic rings. The highest BCUT2D eigenvalue weighted by atomic mass is 16.6. The van der Waals surface area contributed by atoms with Gasteiger partial charge < -0.3 is 15.7 Å². The Morgan fingerprint density at radius 1 is 1.14 bits per heavy atom. The zero-order valence-corrected chi connectivity index (χ0v) is 14.8. The Morgan fingerprint density at radius 2 is 1.82 bits per heavy atom. The number of benzene rings is 2. The first kappa shape index (κ1) is 20.3. The molecule has 0 aromatic heterocycles. The quantitative estimate of drug-likeness (QED) is 0.379. The van der Waals surface area contributed by atoms with Gasteiger partial charge in [0.2, 0.25) is 0 Å². The van der Waals surface area contributed by atoms with Gasteiger partial charge in [0.25, 0.3) is 17.5 Å². The summed E-state index contributed by atoms with van der Waals surface area (Å²) in [6.45, 7) is 1.21. The van der Waals surface area contributed by atoms with Crippen LogP contribution >= 0.6 is 0 Å². The number of nitrogens with zero attached hydrogens (tertiary/aromatic N) is 1. The minimum atomic E-state index is -1.26. The zero-order chi connectivity index (χ0) is 20.7. The van der Waals surface area contributed by atoms with E-state index in [1.165, 1.54) is 30.3 Å². The molecule has 0 saturated carbocycles. The van der Waals surface area contributed by atoms with Crippen LogP contribution in [0.3, 0.4) is 0 Å². The number of amides is 2. The van der Waals surface area contributed by atoms with Crippen molar-refractivity contribution in [3.63, 3.8) is 0 Å². The normalized spacial score (nSPS) is 10.8. The third kappa shape index (κ3) is 5.77. The second-order valence-corrected chi connectivity index (χ2v) is 5.81. The van der Waals surface area contributed by atoms with Crippen molar-refractivity contribution >= 4 is 29.5 Å². The fourth-order valence-corrected chi connectivity index (χ4v) is 2.20. The number of aliphatic carboxylic acids is 1. The van der Waals surface area contributed by atoms with Gasteiger partial charge in [-0.15, -0.1) is 0 Å². The van der Waals surface area contributed by atoms with Crippen LogP contribution in [0.1, 0.15) is 21.5 Å². The molecule has 0 radical (unpaired) electrons. The molecule has 0 aliphatic rings. The molecular weight excluding hydrogens is 366 g/mol. The number of rotatable bonds is 7. The first-order valence-corrected chi connectivity index (χ1v) is 8.10. The number of hydrogen-bond donors (Lipinski definition) is 3. The molecule has 0 atom stereocenters. The molecule has 3 N–H and O–H groups in total. The van der Waals surface area contributed by atoms with Crippen LogP contribution in [-0.4, -0.2) is 34.4 Å². The average molecular weight is 383 g/mol. The molecule has 0 heterocycles. The molecule has 0 spiro atoms. The van der Waals surface area contributed by atoms with Crippen molar-refractivity contribution in [2.24, 2.45) is 0 Å². The molecule has 0 aliphatic carbocycles. The molecule has 0 unspecified atom stereocenters. The van der Waals surface area contributed by atoms with E-state index in [0.29, 0.717) is 11.1 Å². The molecule has 144 valence electrons. The van der Waals surface area contributed by atoms with Crippen LogP contribution in [-0.2, 0) is 9.59 Å². The Kier molecular flexibility index (Phi) is 6.58. The van der Waals surface area contributed by atoms with Crippen LogP contribution in [0.25, 0.3) is 6.08 Å². The number of non-ortho nitro benzene ring substituents is 1. The van der Waals surface area contributed by atoms with E-state index in [9.17, 15) is 24.5 Å². The summed E-state index contributed by atoms with van der Waals surface area (Å²) in [4.78, 5) is 45.7. The fraction of sp³-hybridized carbons (Fsp3) is 0.105. The lowest BCUT2D eigenvalue weighted by Crippen LogP contribution is -2.37. The summed E-state index contributed by atoms with van der Waals surface area (Å²) in [5.41, 5.74) is 1.10. The fourth-order valence-electron chi connectivity index (χ4n) is 2.20. The first-order valence-electron chi connectivity index (χ1n) is 8.10. The molecule has 0 aliphatic heterocycles. The Bertz CT molecular complexity index is 950. The molecule has 28 heavy (non-hydrogen) atoms. The van der Waals surface area contributed by atoms with Crippen molar-refractivity contribution in [1.29, 1.82) is 0 Å². The van der Waals surface area contributed by atoms with Gasteiger partial charge >= 0.3 is 5.97 Å². The third-order valence-electron chi connectivity index (χ3n) is 3.60. The molecule has 2 amide bonds. The molecule has 0 fully saturated rings. The van der Waals surface area contributed by atoms with E-state index in [1.54, 1.807) is 24.3 Å². The first-order chi connectivity index (χ1) is 13.3.